The molecule has 1 unspecified atom stereocenters. The van der Waals surface area contributed by atoms with Gasteiger partial charge in [0.05, 0.1) is 11.7 Å². The third-order valence-corrected chi connectivity index (χ3v) is 3.87. The van der Waals surface area contributed by atoms with Gasteiger partial charge in [0.1, 0.15) is 0 Å². The highest BCUT2D eigenvalue weighted by molar-refractivity contribution is 6.00. The molecule has 4 nitrogen and oxygen atoms in total. The number of benzene rings is 2. The Labute approximate surface area is 115 Å². The fourth-order valence-electron chi connectivity index (χ4n) is 2.96. The Morgan fingerprint density at radius 3 is 2.80 bits per heavy atom. The highest BCUT2D eigenvalue weighted by Crippen LogP contribution is 2.40. The van der Waals surface area contributed by atoms with E-state index in [4.69, 9.17) is 0 Å². The number of fused-ring (bicyclic) bond motifs is 3. The Kier molecular flexibility index (Phi) is 2.36. The van der Waals surface area contributed by atoms with E-state index >= 15 is 0 Å². The molecule has 1 aromatic heterocycles. The molecule has 4 heteroatoms. The van der Waals surface area contributed by atoms with Crippen molar-refractivity contribution in [3.63, 3.8) is 0 Å². The van der Waals surface area contributed by atoms with Gasteiger partial charge in [-0.2, -0.15) is 5.10 Å². The molecule has 0 saturated heterocycles. The van der Waals surface area contributed by atoms with Crippen molar-refractivity contribution in [2.75, 3.05) is 5.32 Å². The van der Waals surface area contributed by atoms with Crippen LogP contribution >= 0.6 is 0 Å². The van der Waals surface area contributed by atoms with Crippen molar-refractivity contribution >= 4 is 22.5 Å². The third kappa shape index (κ3) is 1.61. The van der Waals surface area contributed by atoms with Crippen LogP contribution in [0.25, 0.3) is 10.9 Å². The second-order valence-electron chi connectivity index (χ2n) is 5.08. The molecule has 1 aliphatic heterocycles. The van der Waals surface area contributed by atoms with Crippen LogP contribution in [0, 0.1) is 0 Å². The lowest BCUT2D eigenvalue weighted by Crippen LogP contribution is -2.23. The second kappa shape index (κ2) is 4.20. The van der Waals surface area contributed by atoms with E-state index in [1.165, 1.54) is 0 Å². The summed E-state index contributed by atoms with van der Waals surface area (Å²) in [4.78, 5) is 11.9. The minimum absolute atomic E-state index is 0.0604. The van der Waals surface area contributed by atoms with E-state index in [9.17, 15) is 4.79 Å². The predicted molar refractivity (Wildman–Crippen MR) is 77.6 cm³/mol. The average molecular weight is 263 g/mol. The van der Waals surface area contributed by atoms with E-state index in [0.717, 1.165) is 27.7 Å². The molecule has 2 aromatic carbocycles. The molecule has 1 atom stereocenters. The van der Waals surface area contributed by atoms with Crippen LogP contribution in [0.2, 0.25) is 0 Å². The normalized spacial score (nSPS) is 17.8. The first-order valence-electron chi connectivity index (χ1n) is 6.64. The molecule has 2 heterocycles. The maximum absolute atomic E-state index is 11.9. The number of aromatic nitrogens is 2. The highest BCUT2D eigenvalue weighted by Gasteiger charge is 2.28. The number of nitrogens with one attached hydrogen (secondary N) is 2. The van der Waals surface area contributed by atoms with Crippen LogP contribution in [0.4, 0.5) is 5.69 Å². The number of rotatable bonds is 1. The predicted octanol–water partition coefficient (Wildman–Crippen LogP) is 3.04. The summed E-state index contributed by atoms with van der Waals surface area (Å²) in [6.07, 6.45) is 2.28. The summed E-state index contributed by atoms with van der Waals surface area (Å²) in [5.41, 5.74) is 4.18. The van der Waals surface area contributed by atoms with E-state index in [2.05, 4.69) is 27.6 Å². The Hall–Kier alpha value is -2.62. The maximum atomic E-state index is 11.9. The van der Waals surface area contributed by atoms with Crippen LogP contribution in [0.5, 0.6) is 0 Å². The minimum Gasteiger partial charge on any atom is -0.326 e. The van der Waals surface area contributed by atoms with Gasteiger partial charge < -0.3 is 5.32 Å². The van der Waals surface area contributed by atoms with Crippen molar-refractivity contribution in [2.24, 2.45) is 0 Å². The van der Waals surface area contributed by atoms with E-state index in [1.54, 1.807) is 0 Å². The van der Waals surface area contributed by atoms with Gasteiger partial charge in [-0.25, -0.2) is 0 Å². The molecule has 20 heavy (non-hydrogen) atoms. The second-order valence-corrected chi connectivity index (χ2v) is 5.08. The summed E-state index contributed by atoms with van der Waals surface area (Å²) >= 11 is 0. The first kappa shape index (κ1) is 11.2. The lowest BCUT2D eigenvalue weighted by Gasteiger charge is -2.26. The lowest BCUT2D eigenvalue weighted by atomic mass is 9.84. The van der Waals surface area contributed by atoms with Crippen molar-refractivity contribution in [3.05, 3.63) is 59.8 Å². The number of hydrogen-bond acceptors (Lipinski definition) is 2. The topological polar surface area (TPSA) is 57.8 Å². The molecular formula is C16H13N3O. The molecular weight excluding hydrogens is 250 g/mol. The van der Waals surface area contributed by atoms with Gasteiger partial charge in [-0.05, 0) is 17.7 Å². The SMILES string of the molecule is O=C1CC(c2ccccc2)c2c(ccc3cn[nH]c23)N1. The maximum Gasteiger partial charge on any atom is 0.225 e. The van der Waals surface area contributed by atoms with Gasteiger partial charge >= 0.3 is 0 Å². The number of carbonyl (C=O) groups excluding carboxylic acids is 1. The Bertz CT molecular complexity index is 792. The van der Waals surface area contributed by atoms with Gasteiger partial charge in [0.15, 0.2) is 0 Å². The van der Waals surface area contributed by atoms with Crippen molar-refractivity contribution in [1.29, 1.82) is 0 Å². The summed E-state index contributed by atoms with van der Waals surface area (Å²) in [6, 6.07) is 14.1. The summed E-state index contributed by atoms with van der Waals surface area (Å²) < 4.78 is 0. The number of anilines is 1. The first-order valence-corrected chi connectivity index (χ1v) is 6.64. The van der Waals surface area contributed by atoms with E-state index in [-0.39, 0.29) is 11.8 Å². The molecule has 0 aliphatic carbocycles. The molecule has 1 aliphatic rings. The van der Waals surface area contributed by atoms with Crippen LogP contribution < -0.4 is 5.32 Å². The van der Waals surface area contributed by atoms with Crippen LogP contribution in [0.3, 0.4) is 0 Å². The summed E-state index contributed by atoms with van der Waals surface area (Å²) in [7, 11) is 0. The number of H-pyrrole nitrogens is 1. The monoisotopic (exact) mass is 263 g/mol. The Balaban J connectivity index is 1.99. The summed E-state index contributed by atoms with van der Waals surface area (Å²) in [5, 5.41) is 11.2. The van der Waals surface area contributed by atoms with Gasteiger partial charge in [0.2, 0.25) is 5.91 Å². The molecule has 3 aromatic rings. The lowest BCUT2D eigenvalue weighted by molar-refractivity contribution is -0.116. The number of nitrogens with zero attached hydrogens (tertiary/aromatic N) is 1. The highest BCUT2D eigenvalue weighted by atomic mass is 16.1. The van der Waals surface area contributed by atoms with E-state index < -0.39 is 0 Å². The van der Waals surface area contributed by atoms with Gasteiger partial charge in [-0.15, -0.1) is 0 Å². The van der Waals surface area contributed by atoms with Gasteiger partial charge in [-0.3, -0.25) is 9.89 Å². The standard InChI is InChI=1S/C16H13N3O/c20-14-8-12(10-4-2-1-3-5-10)15-13(18-14)7-6-11-9-17-19-16(11)15/h1-7,9,12H,8H2,(H,17,19)(H,18,20). The fourth-order valence-corrected chi connectivity index (χ4v) is 2.96. The molecule has 0 bridgehead atoms. The zero-order valence-corrected chi connectivity index (χ0v) is 10.8. The van der Waals surface area contributed by atoms with Gasteiger partial charge in [0.25, 0.3) is 0 Å². The van der Waals surface area contributed by atoms with Gasteiger partial charge in [-0.1, -0.05) is 30.3 Å². The van der Waals surface area contributed by atoms with Crippen LogP contribution in [0.15, 0.2) is 48.7 Å². The first-order chi connectivity index (χ1) is 9.83. The average Bonchev–Trinajstić information content (AvgIpc) is 2.95. The van der Waals surface area contributed by atoms with Crippen molar-refractivity contribution in [3.8, 4) is 0 Å². The number of aromatic amines is 1. The van der Waals surface area contributed by atoms with E-state index in [0.29, 0.717) is 6.42 Å². The third-order valence-electron chi connectivity index (χ3n) is 3.87. The van der Waals surface area contributed by atoms with Crippen molar-refractivity contribution in [2.45, 2.75) is 12.3 Å². The smallest absolute Gasteiger partial charge is 0.225 e. The van der Waals surface area contributed by atoms with Crippen LogP contribution in [-0.2, 0) is 4.79 Å². The Morgan fingerprint density at radius 2 is 1.95 bits per heavy atom. The largest absolute Gasteiger partial charge is 0.326 e. The summed E-state index contributed by atoms with van der Waals surface area (Å²) in [5.74, 6) is 0.134. The fraction of sp³-hybridized carbons (Fsp3) is 0.125. The molecule has 4 rings (SSSR count). The molecule has 2 N–H and O–H groups in total. The quantitative estimate of drug-likeness (QED) is 0.709. The summed E-state index contributed by atoms with van der Waals surface area (Å²) in [6.45, 7) is 0. The van der Waals surface area contributed by atoms with Crippen molar-refractivity contribution < 1.29 is 4.79 Å². The zero-order valence-electron chi connectivity index (χ0n) is 10.8. The van der Waals surface area contributed by atoms with Crippen LogP contribution in [-0.4, -0.2) is 16.1 Å². The van der Waals surface area contributed by atoms with Crippen LogP contribution in [0.1, 0.15) is 23.5 Å². The molecule has 0 saturated carbocycles. The number of amides is 1. The zero-order chi connectivity index (χ0) is 13.5. The molecule has 0 spiro atoms. The minimum atomic E-state index is 0.0604. The Morgan fingerprint density at radius 1 is 1.10 bits per heavy atom. The number of hydrogen-bond donors (Lipinski definition) is 2. The van der Waals surface area contributed by atoms with Crippen molar-refractivity contribution in [1.82, 2.24) is 10.2 Å². The van der Waals surface area contributed by atoms with Gasteiger partial charge in [0, 0.05) is 29.0 Å². The molecule has 0 fully saturated rings. The molecule has 98 valence electrons. The molecule has 1 amide bonds. The molecule has 0 radical (unpaired) electrons. The number of carbonyl (C=O) groups is 1. The van der Waals surface area contributed by atoms with E-state index in [1.807, 2.05) is 36.5 Å².